The lowest BCUT2D eigenvalue weighted by Gasteiger charge is -2.23. The Bertz CT molecular complexity index is 1580. The molecule has 3 aromatic carbocycles. The average molecular weight is 589 g/mol. The summed E-state index contributed by atoms with van der Waals surface area (Å²) in [6.45, 7) is 0.894. The third-order valence-electron chi connectivity index (χ3n) is 6.08. The number of hydrogen-bond acceptors (Lipinski definition) is 3. The van der Waals surface area contributed by atoms with Crippen molar-refractivity contribution in [3.8, 4) is 0 Å². The van der Waals surface area contributed by atoms with Crippen molar-refractivity contribution in [2.24, 2.45) is 5.73 Å². The molecule has 0 aliphatic rings. The molecular formula is C29H30ClF3N5O3+. The molecule has 4 rings (SSSR count). The van der Waals surface area contributed by atoms with Gasteiger partial charge in [-0.2, -0.15) is 13.2 Å². The standard InChI is InChI=1S/C27H28ClN5O.C2HF3O2/c1-33(2,3)23-10-7-18(8-11-23)16-31-27(34)25-15-21-14-22(28)9-12-24(21)32(25)17-19-5-4-6-20(13-19)26(29)30;3-2(4,5)1(6)7/h4-15H,16-17H2,1-3H3,(H3-,29,30,31,34);(H,6,7)/p+1. The van der Waals surface area contributed by atoms with Crippen molar-refractivity contribution < 1.29 is 27.9 Å². The van der Waals surface area contributed by atoms with Crippen molar-refractivity contribution >= 4 is 45.9 Å². The SMILES string of the molecule is C[N+](C)(C)c1ccc(CNC(=O)c2cc3cc(Cl)ccc3n2Cc2cccc(C(=N)N)c2)cc1.O=C(O)C(F)(F)F. The summed E-state index contributed by atoms with van der Waals surface area (Å²) in [6, 6.07) is 23.2. The zero-order chi connectivity index (χ0) is 30.5. The van der Waals surface area contributed by atoms with Crippen LogP contribution in [0.5, 0.6) is 0 Å². The largest absolute Gasteiger partial charge is 0.490 e. The van der Waals surface area contributed by atoms with Crippen LogP contribution in [0, 0.1) is 5.41 Å². The summed E-state index contributed by atoms with van der Waals surface area (Å²) >= 11 is 6.21. The Labute approximate surface area is 239 Å². The zero-order valence-corrected chi connectivity index (χ0v) is 23.3. The van der Waals surface area contributed by atoms with Crippen molar-refractivity contribution in [2.75, 3.05) is 21.1 Å². The number of amides is 1. The highest BCUT2D eigenvalue weighted by Gasteiger charge is 2.38. The number of aromatic nitrogens is 1. The second kappa shape index (κ2) is 12.4. The molecule has 0 aliphatic carbocycles. The highest BCUT2D eigenvalue weighted by molar-refractivity contribution is 6.31. The van der Waals surface area contributed by atoms with E-state index in [0.29, 0.717) is 29.4 Å². The lowest BCUT2D eigenvalue weighted by Crippen LogP contribution is -2.34. The number of quaternary nitrogens is 1. The number of aliphatic carboxylic acids is 1. The van der Waals surface area contributed by atoms with Crippen molar-refractivity contribution in [1.29, 1.82) is 5.41 Å². The minimum atomic E-state index is -5.08. The molecule has 4 aromatic rings. The van der Waals surface area contributed by atoms with Gasteiger partial charge in [0, 0.05) is 34.6 Å². The third kappa shape index (κ3) is 8.32. The van der Waals surface area contributed by atoms with E-state index in [1.54, 1.807) is 6.07 Å². The van der Waals surface area contributed by atoms with Crippen molar-refractivity contribution in [2.45, 2.75) is 19.3 Å². The maximum Gasteiger partial charge on any atom is 0.490 e. The summed E-state index contributed by atoms with van der Waals surface area (Å²) in [6.07, 6.45) is -5.08. The summed E-state index contributed by atoms with van der Waals surface area (Å²) < 4.78 is 34.4. The maximum absolute atomic E-state index is 13.3. The van der Waals surface area contributed by atoms with Gasteiger partial charge >= 0.3 is 12.1 Å². The summed E-state index contributed by atoms with van der Waals surface area (Å²) in [5.41, 5.74) is 11.0. The molecule has 0 saturated carbocycles. The van der Waals surface area contributed by atoms with Crippen LogP contribution in [0.25, 0.3) is 10.9 Å². The number of fused-ring (bicyclic) bond motifs is 1. The summed E-state index contributed by atoms with van der Waals surface area (Å²) in [7, 11) is 6.36. The molecule has 0 atom stereocenters. The first-order valence-corrected chi connectivity index (χ1v) is 12.7. The fourth-order valence-corrected chi connectivity index (χ4v) is 4.13. The molecule has 0 aliphatic heterocycles. The van der Waals surface area contributed by atoms with E-state index in [9.17, 15) is 18.0 Å². The molecule has 41 heavy (non-hydrogen) atoms. The number of carbonyl (C=O) groups excluding carboxylic acids is 1. The molecule has 12 heteroatoms. The summed E-state index contributed by atoms with van der Waals surface area (Å²) in [4.78, 5) is 22.2. The van der Waals surface area contributed by atoms with Crippen molar-refractivity contribution in [3.63, 3.8) is 0 Å². The third-order valence-corrected chi connectivity index (χ3v) is 6.32. The topological polar surface area (TPSA) is 121 Å². The quantitative estimate of drug-likeness (QED) is 0.131. The number of halogens is 4. The molecule has 216 valence electrons. The molecular weight excluding hydrogens is 559 g/mol. The Hall–Kier alpha value is -4.35. The Kier molecular flexibility index (Phi) is 9.46. The number of hydrogen-bond donors (Lipinski definition) is 4. The predicted molar refractivity (Wildman–Crippen MR) is 154 cm³/mol. The van der Waals surface area contributed by atoms with Gasteiger partial charge in [-0.15, -0.1) is 0 Å². The van der Waals surface area contributed by atoms with Gasteiger partial charge in [0.1, 0.15) is 17.2 Å². The van der Waals surface area contributed by atoms with E-state index in [1.807, 2.05) is 59.2 Å². The van der Waals surface area contributed by atoms with Gasteiger partial charge in [0.25, 0.3) is 5.91 Å². The van der Waals surface area contributed by atoms with Gasteiger partial charge in [-0.1, -0.05) is 41.9 Å². The van der Waals surface area contributed by atoms with E-state index in [4.69, 9.17) is 32.6 Å². The van der Waals surface area contributed by atoms with Gasteiger partial charge in [-0.3, -0.25) is 14.7 Å². The van der Waals surface area contributed by atoms with Crippen LogP contribution in [-0.2, 0) is 17.9 Å². The zero-order valence-electron chi connectivity index (χ0n) is 22.6. The molecule has 1 heterocycles. The second-order valence-electron chi connectivity index (χ2n) is 10.1. The number of amidine groups is 1. The molecule has 1 aromatic heterocycles. The normalized spacial score (nSPS) is 11.5. The minimum absolute atomic E-state index is 0.0141. The molecule has 0 bridgehead atoms. The minimum Gasteiger partial charge on any atom is -0.475 e. The number of rotatable bonds is 7. The van der Waals surface area contributed by atoms with Crippen LogP contribution in [-0.4, -0.2) is 54.7 Å². The second-order valence-corrected chi connectivity index (χ2v) is 10.5. The average Bonchev–Trinajstić information content (AvgIpc) is 3.24. The fourth-order valence-electron chi connectivity index (χ4n) is 3.95. The van der Waals surface area contributed by atoms with Crippen LogP contribution in [0.4, 0.5) is 18.9 Å². The predicted octanol–water partition coefficient (Wildman–Crippen LogP) is 5.39. The van der Waals surface area contributed by atoms with Crippen molar-refractivity contribution in [3.05, 3.63) is 100 Å². The number of carboxylic acid groups (broad SMARTS) is 1. The van der Waals surface area contributed by atoms with Crippen LogP contribution in [0.1, 0.15) is 27.2 Å². The van der Waals surface area contributed by atoms with E-state index in [1.165, 1.54) is 5.69 Å². The Morgan fingerprint density at radius 3 is 2.20 bits per heavy atom. The van der Waals surface area contributed by atoms with Gasteiger partial charge in [0.2, 0.25) is 0 Å². The number of carboxylic acids is 1. The molecule has 0 radical (unpaired) electrons. The Morgan fingerprint density at radius 2 is 1.63 bits per heavy atom. The Balaban J connectivity index is 0.000000587. The van der Waals surface area contributed by atoms with E-state index in [2.05, 4.69) is 38.6 Å². The first-order chi connectivity index (χ1) is 19.1. The fraction of sp³-hybridized carbons (Fsp3) is 0.207. The highest BCUT2D eigenvalue weighted by atomic mass is 35.5. The first-order valence-electron chi connectivity index (χ1n) is 12.3. The molecule has 0 unspecified atom stereocenters. The van der Waals surface area contributed by atoms with E-state index in [0.717, 1.165) is 26.5 Å². The van der Waals surface area contributed by atoms with Gasteiger partial charge in [-0.25, -0.2) is 4.79 Å². The molecule has 8 nitrogen and oxygen atoms in total. The van der Waals surface area contributed by atoms with Gasteiger partial charge < -0.3 is 20.7 Å². The van der Waals surface area contributed by atoms with E-state index < -0.39 is 12.1 Å². The molecule has 0 saturated heterocycles. The number of carbonyl (C=O) groups is 2. The van der Waals surface area contributed by atoms with Crippen molar-refractivity contribution in [1.82, 2.24) is 14.4 Å². The lowest BCUT2D eigenvalue weighted by molar-refractivity contribution is -0.192. The molecule has 5 N–H and O–H groups in total. The summed E-state index contributed by atoms with van der Waals surface area (Å²) in [5, 5.41) is 19.4. The highest BCUT2D eigenvalue weighted by Crippen LogP contribution is 2.25. The van der Waals surface area contributed by atoms with E-state index >= 15 is 0 Å². The summed E-state index contributed by atoms with van der Waals surface area (Å²) in [5.74, 6) is -2.90. The van der Waals surface area contributed by atoms with E-state index in [-0.39, 0.29) is 11.7 Å². The van der Waals surface area contributed by atoms with Gasteiger partial charge in [0.15, 0.2) is 0 Å². The van der Waals surface area contributed by atoms with Crippen LogP contribution in [0.3, 0.4) is 0 Å². The molecule has 1 amide bonds. The number of nitrogen functional groups attached to an aromatic ring is 1. The molecule has 0 fully saturated rings. The number of benzene rings is 3. The number of nitrogens with two attached hydrogens (primary N) is 1. The molecule has 0 spiro atoms. The van der Waals surface area contributed by atoms with Crippen LogP contribution < -0.4 is 15.5 Å². The van der Waals surface area contributed by atoms with Crippen LogP contribution >= 0.6 is 11.6 Å². The van der Waals surface area contributed by atoms with Crippen LogP contribution in [0.15, 0.2) is 72.8 Å². The van der Waals surface area contributed by atoms with Gasteiger partial charge in [-0.05, 0) is 53.6 Å². The number of alkyl halides is 3. The van der Waals surface area contributed by atoms with Crippen LogP contribution in [0.2, 0.25) is 5.02 Å². The monoisotopic (exact) mass is 588 g/mol. The number of nitrogens with one attached hydrogen (secondary N) is 2. The lowest BCUT2D eigenvalue weighted by atomic mass is 10.1. The number of nitrogens with zero attached hydrogens (tertiary/aromatic N) is 2. The first kappa shape index (κ1) is 31.2. The smallest absolute Gasteiger partial charge is 0.475 e. The Morgan fingerprint density at radius 1 is 1.00 bits per heavy atom. The van der Waals surface area contributed by atoms with Gasteiger partial charge in [0.05, 0.1) is 21.1 Å². The maximum atomic E-state index is 13.3.